The molecule has 1 saturated heterocycles. The minimum atomic E-state index is 0.444. The molecule has 0 bridgehead atoms. The van der Waals surface area contributed by atoms with Crippen molar-refractivity contribution in [1.82, 2.24) is 19.5 Å². The fraction of sp³-hybridized carbons (Fsp3) is 0.350. The molecular formula is C20H23N5. The molecule has 5 nitrogen and oxygen atoms in total. The standard InChI is InChI=1S/C20H23N5/c1-16-13-21-9-7-19(16)24-11-4-5-17(14-24)20-23-10-12-25(20)15-18-6-2-3-8-22-18/h2-3,6-10,12-13,17H,4-5,11,14-15H2,1H3/t17-/m1/s1. The molecule has 0 aliphatic carbocycles. The summed E-state index contributed by atoms with van der Waals surface area (Å²) in [5, 5.41) is 0. The molecule has 0 spiro atoms. The molecule has 4 rings (SSSR count). The molecular weight excluding hydrogens is 310 g/mol. The van der Waals surface area contributed by atoms with E-state index in [4.69, 9.17) is 0 Å². The molecule has 0 aromatic carbocycles. The minimum Gasteiger partial charge on any atom is -0.370 e. The molecule has 1 aliphatic heterocycles. The van der Waals surface area contributed by atoms with Crippen LogP contribution >= 0.6 is 0 Å². The summed E-state index contributed by atoms with van der Waals surface area (Å²) in [5.41, 5.74) is 3.60. The molecule has 0 amide bonds. The maximum atomic E-state index is 4.68. The first-order valence-electron chi connectivity index (χ1n) is 8.88. The summed E-state index contributed by atoms with van der Waals surface area (Å²) < 4.78 is 2.25. The van der Waals surface area contributed by atoms with E-state index in [1.807, 2.05) is 36.9 Å². The maximum Gasteiger partial charge on any atom is 0.113 e. The Morgan fingerprint density at radius 3 is 2.92 bits per heavy atom. The second kappa shape index (κ2) is 7.05. The molecule has 128 valence electrons. The Labute approximate surface area is 148 Å². The highest BCUT2D eigenvalue weighted by molar-refractivity contribution is 5.52. The van der Waals surface area contributed by atoms with Crippen molar-refractivity contribution in [3.05, 3.63) is 72.3 Å². The van der Waals surface area contributed by atoms with Crippen molar-refractivity contribution in [2.24, 2.45) is 0 Å². The number of aromatic nitrogens is 4. The predicted molar refractivity (Wildman–Crippen MR) is 98.7 cm³/mol. The monoisotopic (exact) mass is 333 g/mol. The van der Waals surface area contributed by atoms with Gasteiger partial charge in [-0.1, -0.05) is 6.07 Å². The lowest BCUT2D eigenvalue weighted by atomic mass is 9.96. The van der Waals surface area contributed by atoms with E-state index in [1.165, 1.54) is 29.9 Å². The van der Waals surface area contributed by atoms with Gasteiger partial charge in [-0.2, -0.15) is 0 Å². The second-order valence-electron chi connectivity index (χ2n) is 6.68. The zero-order valence-corrected chi connectivity index (χ0v) is 14.5. The van der Waals surface area contributed by atoms with Crippen LogP contribution in [0.2, 0.25) is 0 Å². The average Bonchev–Trinajstić information content (AvgIpc) is 3.11. The normalized spacial score (nSPS) is 17.6. The Bertz CT molecular complexity index is 827. The summed E-state index contributed by atoms with van der Waals surface area (Å²) >= 11 is 0. The number of nitrogens with zero attached hydrogens (tertiary/aromatic N) is 5. The van der Waals surface area contributed by atoms with Gasteiger partial charge in [0.05, 0.1) is 12.2 Å². The van der Waals surface area contributed by atoms with E-state index in [1.54, 1.807) is 0 Å². The molecule has 3 aromatic heterocycles. The van der Waals surface area contributed by atoms with Gasteiger partial charge in [-0.3, -0.25) is 9.97 Å². The van der Waals surface area contributed by atoms with Gasteiger partial charge in [-0.15, -0.1) is 0 Å². The lowest BCUT2D eigenvalue weighted by molar-refractivity contribution is 0.475. The number of imidazole rings is 1. The number of hydrogen-bond acceptors (Lipinski definition) is 4. The number of rotatable bonds is 4. The Morgan fingerprint density at radius 2 is 2.08 bits per heavy atom. The van der Waals surface area contributed by atoms with Crippen molar-refractivity contribution in [3.63, 3.8) is 0 Å². The van der Waals surface area contributed by atoms with Crippen LogP contribution in [0.15, 0.2) is 55.2 Å². The fourth-order valence-electron chi connectivity index (χ4n) is 3.71. The molecule has 5 heteroatoms. The molecule has 1 atom stereocenters. The van der Waals surface area contributed by atoms with Crippen LogP contribution in [0, 0.1) is 6.92 Å². The summed E-state index contributed by atoms with van der Waals surface area (Å²) in [6, 6.07) is 8.18. The topological polar surface area (TPSA) is 46.8 Å². The van der Waals surface area contributed by atoms with E-state index in [9.17, 15) is 0 Å². The Morgan fingerprint density at radius 1 is 1.12 bits per heavy atom. The molecule has 0 radical (unpaired) electrons. The third-order valence-electron chi connectivity index (χ3n) is 4.92. The van der Waals surface area contributed by atoms with Crippen molar-refractivity contribution >= 4 is 5.69 Å². The van der Waals surface area contributed by atoms with Crippen LogP contribution in [-0.4, -0.2) is 32.6 Å². The zero-order chi connectivity index (χ0) is 17.1. The van der Waals surface area contributed by atoms with E-state index in [-0.39, 0.29) is 0 Å². The highest BCUT2D eigenvalue weighted by Crippen LogP contribution is 2.30. The molecule has 3 aromatic rings. The summed E-state index contributed by atoms with van der Waals surface area (Å²) in [7, 11) is 0. The van der Waals surface area contributed by atoms with Crippen molar-refractivity contribution in [1.29, 1.82) is 0 Å². The van der Waals surface area contributed by atoms with Crippen LogP contribution in [0.4, 0.5) is 5.69 Å². The van der Waals surface area contributed by atoms with Crippen molar-refractivity contribution < 1.29 is 0 Å². The van der Waals surface area contributed by atoms with Crippen LogP contribution in [0.25, 0.3) is 0 Å². The molecule has 0 N–H and O–H groups in total. The first kappa shape index (κ1) is 15.8. The minimum absolute atomic E-state index is 0.444. The van der Waals surface area contributed by atoms with E-state index >= 15 is 0 Å². The molecule has 0 unspecified atom stereocenters. The first-order valence-corrected chi connectivity index (χ1v) is 8.88. The first-order chi connectivity index (χ1) is 12.3. The number of hydrogen-bond donors (Lipinski definition) is 0. The fourth-order valence-corrected chi connectivity index (χ4v) is 3.71. The highest BCUT2D eigenvalue weighted by Gasteiger charge is 2.25. The van der Waals surface area contributed by atoms with E-state index in [0.29, 0.717) is 5.92 Å². The summed E-state index contributed by atoms with van der Waals surface area (Å²) in [5.74, 6) is 1.61. The molecule has 0 saturated carbocycles. The summed E-state index contributed by atoms with van der Waals surface area (Å²) in [4.78, 5) is 15.8. The van der Waals surface area contributed by atoms with Crippen LogP contribution in [0.5, 0.6) is 0 Å². The molecule has 4 heterocycles. The predicted octanol–water partition coefficient (Wildman–Crippen LogP) is 3.41. The number of piperidine rings is 1. The van der Waals surface area contributed by atoms with Crippen molar-refractivity contribution in [2.45, 2.75) is 32.2 Å². The smallest absolute Gasteiger partial charge is 0.113 e. The van der Waals surface area contributed by atoms with Gasteiger partial charge in [0.15, 0.2) is 0 Å². The Hall–Kier alpha value is -2.69. The number of aryl methyl sites for hydroxylation is 1. The van der Waals surface area contributed by atoms with Crippen LogP contribution in [0.3, 0.4) is 0 Å². The second-order valence-corrected chi connectivity index (χ2v) is 6.68. The van der Waals surface area contributed by atoms with E-state index < -0.39 is 0 Å². The average molecular weight is 333 g/mol. The van der Waals surface area contributed by atoms with Crippen molar-refractivity contribution in [2.75, 3.05) is 18.0 Å². The Kier molecular flexibility index (Phi) is 4.46. The third kappa shape index (κ3) is 3.40. The van der Waals surface area contributed by atoms with Gasteiger partial charge >= 0.3 is 0 Å². The highest BCUT2D eigenvalue weighted by atomic mass is 15.2. The van der Waals surface area contributed by atoms with E-state index in [0.717, 1.165) is 25.3 Å². The van der Waals surface area contributed by atoms with Crippen LogP contribution in [-0.2, 0) is 6.54 Å². The van der Waals surface area contributed by atoms with Gasteiger partial charge in [-0.25, -0.2) is 4.98 Å². The number of pyridine rings is 2. The number of anilines is 1. The lowest BCUT2D eigenvalue weighted by Crippen LogP contribution is -2.35. The Balaban J connectivity index is 1.54. The van der Waals surface area contributed by atoms with E-state index in [2.05, 4.69) is 49.7 Å². The molecule has 25 heavy (non-hydrogen) atoms. The van der Waals surface area contributed by atoms with Gasteiger partial charge in [0.1, 0.15) is 5.82 Å². The summed E-state index contributed by atoms with van der Waals surface area (Å²) in [6.07, 6.45) is 12.0. The summed E-state index contributed by atoms with van der Waals surface area (Å²) in [6.45, 7) is 5.02. The largest absolute Gasteiger partial charge is 0.370 e. The molecule has 1 fully saturated rings. The SMILES string of the molecule is Cc1cnccc1N1CCC[C@@H](c2nccn2Cc2ccccn2)C1. The van der Waals surface area contributed by atoms with Gasteiger partial charge in [0, 0.05) is 55.7 Å². The van der Waals surface area contributed by atoms with Gasteiger partial charge in [0.25, 0.3) is 0 Å². The van der Waals surface area contributed by atoms with Crippen LogP contribution < -0.4 is 4.90 Å². The lowest BCUT2D eigenvalue weighted by Gasteiger charge is -2.35. The maximum absolute atomic E-state index is 4.68. The molecule has 1 aliphatic rings. The third-order valence-corrected chi connectivity index (χ3v) is 4.92. The van der Waals surface area contributed by atoms with Crippen LogP contribution in [0.1, 0.15) is 35.8 Å². The van der Waals surface area contributed by atoms with Crippen molar-refractivity contribution in [3.8, 4) is 0 Å². The van der Waals surface area contributed by atoms with Gasteiger partial charge in [0.2, 0.25) is 0 Å². The van der Waals surface area contributed by atoms with Gasteiger partial charge < -0.3 is 9.47 Å². The quantitative estimate of drug-likeness (QED) is 0.734. The van der Waals surface area contributed by atoms with Gasteiger partial charge in [-0.05, 0) is 43.5 Å². The zero-order valence-electron chi connectivity index (χ0n) is 14.5.